The first-order chi connectivity index (χ1) is 9.62. The van der Waals surface area contributed by atoms with E-state index < -0.39 is 0 Å². The number of rotatable bonds is 4. The molecule has 0 bridgehead atoms. The van der Waals surface area contributed by atoms with E-state index >= 15 is 0 Å². The summed E-state index contributed by atoms with van der Waals surface area (Å²) < 4.78 is 13.9. The molecule has 20 heavy (non-hydrogen) atoms. The van der Waals surface area contributed by atoms with Crippen molar-refractivity contribution in [3.63, 3.8) is 0 Å². The Labute approximate surface area is 123 Å². The largest absolute Gasteiger partial charge is 0.327 e. The fraction of sp³-hybridized carbons (Fsp3) is 0.294. The van der Waals surface area contributed by atoms with Crippen molar-refractivity contribution in [1.82, 2.24) is 0 Å². The molecule has 2 aromatic carbocycles. The monoisotopic (exact) mass is 289 g/mol. The van der Waals surface area contributed by atoms with Crippen LogP contribution >= 0.6 is 11.6 Å². The Kier molecular flexibility index (Phi) is 3.53. The van der Waals surface area contributed by atoms with Crippen molar-refractivity contribution >= 4 is 11.6 Å². The summed E-state index contributed by atoms with van der Waals surface area (Å²) >= 11 is 5.78. The SMILES string of the molecule is NC(Cc1ccc(Cl)cc1F)C1(c2ccccc2)CC1. The minimum absolute atomic E-state index is 0.0212. The van der Waals surface area contributed by atoms with Crippen LogP contribution in [-0.2, 0) is 11.8 Å². The summed E-state index contributed by atoms with van der Waals surface area (Å²) in [6.07, 6.45) is 2.69. The summed E-state index contributed by atoms with van der Waals surface area (Å²) in [6, 6.07) is 15.0. The number of hydrogen-bond acceptors (Lipinski definition) is 1. The van der Waals surface area contributed by atoms with E-state index in [1.807, 2.05) is 18.2 Å². The average molecular weight is 290 g/mol. The zero-order valence-corrected chi connectivity index (χ0v) is 11.9. The van der Waals surface area contributed by atoms with Crippen LogP contribution < -0.4 is 5.73 Å². The predicted octanol–water partition coefficient (Wildman–Crippen LogP) is 4.08. The summed E-state index contributed by atoms with van der Waals surface area (Å²) in [7, 11) is 0. The summed E-state index contributed by atoms with van der Waals surface area (Å²) in [5, 5.41) is 0.420. The van der Waals surface area contributed by atoms with E-state index in [0.29, 0.717) is 17.0 Å². The van der Waals surface area contributed by atoms with Gasteiger partial charge in [-0.15, -0.1) is 0 Å². The van der Waals surface area contributed by atoms with Crippen molar-refractivity contribution < 1.29 is 4.39 Å². The Hall–Kier alpha value is -1.38. The molecule has 1 unspecified atom stereocenters. The van der Waals surface area contributed by atoms with Gasteiger partial charge in [-0.2, -0.15) is 0 Å². The highest BCUT2D eigenvalue weighted by molar-refractivity contribution is 6.30. The number of benzene rings is 2. The third kappa shape index (κ3) is 2.46. The molecule has 0 saturated heterocycles. The Bertz CT molecular complexity index is 608. The summed E-state index contributed by atoms with van der Waals surface area (Å²) in [6.45, 7) is 0. The molecule has 2 N–H and O–H groups in total. The standard InChI is InChI=1S/C17H17ClFN/c18-14-7-6-12(15(19)11-14)10-16(20)17(8-9-17)13-4-2-1-3-5-13/h1-7,11,16H,8-10,20H2. The summed E-state index contributed by atoms with van der Waals surface area (Å²) in [4.78, 5) is 0. The second-order valence-corrected chi connectivity index (χ2v) is 6.00. The van der Waals surface area contributed by atoms with Crippen LogP contribution in [0.25, 0.3) is 0 Å². The van der Waals surface area contributed by atoms with Crippen LogP contribution in [0.4, 0.5) is 4.39 Å². The van der Waals surface area contributed by atoms with Gasteiger partial charge in [-0.3, -0.25) is 0 Å². The van der Waals surface area contributed by atoms with Gasteiger partial charge in [-0.05, 0) is 42.5 Å². The maximum Gasteiger partial charge on any atom is 0.127 e. The van der Waals surface area contributed by atoms with E-state index in [9.17, 15) is 4.39 Å². The molecule has 1 aliphatic rings. The highest BCUT2D eigenvalue weighted by atomic mass is 35.5. The van der Waals surface area contributed by atoms with E-state index in [2.05, 4.69) is 12.1 Å². The van der Waals surface area contributed by atoms with Gasteiger partial charge >= 0.3 is 0 Å². The highest BCUT2D eigenvalue weighted by Crippen LogP contribution is 2.51. The van der Waals surface area contributed by atoms with Gasteiger partial charge in [0.2, 0.25) is 0 Å². The van der Waals surface area contributed by atoms with E-state index in [1.165, 1.54) is 11.6 Å². The van der Waals surface area contributed by atoms with Gasteiger partial charge in [0, 0.05) is 16.5 Å². The van der Waals surface area contributed by atoms with Crippen molar-refractivity contribution in [2.75, 3.05) is 0 Å². The van der Waals surface area contributed by atoms with Gasteiger partial charge in [-0.1, -0.05) is 48.0 Å². The fourth-order valence-corrected chi connectivity index (χ4v) is 3.06. The minimum Gasteiger partial charge on any atom is -0.327 e. The quantitative estimate of drug-likeness (QED) is 0.902. The molecule has 1 aliphatic carbocycles. The molecule has 0 spiro atoms. The van der Waals surface area contributed by atoms with E-state index in [1.54, 1.807) is 12.1 Å². The summed E-state index contributed by atoms with van der Waals surface area (Å²) in [5.74, 6) is -0.267. The van der Waals surface area contributed by atoms with E-state index in [4.69, 9.17) is 17.3 Å². The maximum absolute atomic E-state index is 13.9. The van der Waals surface area contributed by atoms with Crippen molar-refractivity contribution in [3.05, 3.63) is 70.5 Å². The van der Waals surface area contributed by atoms with Crippen molar-refractivity contribution in [3.8, 4) is 0 Å². The van der Waals surface area contributed by atoms with Crippen LogP contribution in [-0.4, -0.2) is 6.04 Å². The Morgan fingerprint density at radius 3 is 2.45 bits per heavy atom. The van der Waals surface area contributed by atoms with Crippen LogP contribution in [0.1, 0.15) is 24.0 Å². The number of nitrogens with two attached hydrogens (primary N) is 1. The lowest BCUT2D eigenvalue weighted by Crippen LogP contribution is -2.37. The van der Waals surface area contributed by atoms with E-state index in [-0.39, 0.29) is 17.3 Å². The molecule has 1 saturated carbocycles. The lowest BCUT2D eigenvalue weighted by atomic mass is 9.85. The Morgan fingerprint density at radius 1 is 1.15 bits per heavy atom. The van der Waals surface area contributed by atoms with E-state index in [0.717, 1.165) is 12.8 Å². The van der Waals surface area contributed by atoms with Gasteiger partial charge in [0.05, 0.1) is 0 Å². The molecule has 3 heteroatoms. The van der Waals surface area contributed by atoms with Gasteiger partial charge in [0.25, 0.3) is 0 Å². The highest BCUT2D eigenvalue weighted by Gasteiger charge is 2.49. The van der Waals surface area contributed by atoms with Crippen LogP contribution in [0.3, 0.4) is 0 Å². The number of hydrogen-bond donors (Lipinski definition) is 1. The molecule has 0 aliphatic heterocycles. The molecular formula is C17H17ClFN. The molecule has 0 amide bonds. The topological polar surface area (TPSA) is 26.0 Å². The van der Waals surface area contributed by atoms with Crippen molar-refractivity contribution in [2.45, 2.75) is 30.7 Å². The molecule has 1 fully saturated rings. The van der Waals surface area contributed by atoms with Crippen LogP contribution in [0.5, 0.6) is 0 Å². The summed E-state index contributed by atoms with van der Waals surface area (Å²) in [5.41, 5.74) is 8.31. The molecule has 0 aromatic heterocycles. The fourth-order valence-electron chi connectivity index (χ4n) is 2.90. The molecular weight excluding hydrogens is 273 g/mol. The van der Waals surface area contributed by atoms with Gasteiger partial charge in [-0.25, -0.2) is 4.39 Å². The first-order valence-corrected chi connectivity index (χ1v) is 7.25. The van der Waals surface area contributed by atoms with Gasteiger partial charge < -0.3 is 5.73 Å². The molecule has 1 nitrogen and oxygen atoms in total. The second kappa shape index (κ2) is 5.19. The first kappa shape index (κ1) is 13.6. The first-order valence-electron chi connectivity index (χ1n) is 6.87. The Morgan fingerprint density at radius 2 is 1.85 bits per heavy atom. The maximum atomic E-state index is 13.9. The normalized spacial score (nSPS) is 17.8. The number of halogens is 2. The van der Waals surface area contributed by atoms with Gasteiger partial charge in [0.15, 0.2) is 0 Å². The average Bonchev–Trinajstić information content (AvgIpc) is 3.24. The smallest absolute Gasteiger partial charge is 0.127 e. The lowest BCUT2D eigenvalue weighted by Gasteiger charge is -2.24. The zero-order chi connectivity index (χ0) is 14.2. The van der Waals surface area contributed by atoms with Crippen molar-refractivity contribution in [2.24, 2.45) is 5.73 Å². The molecule has 104 valence electrons. The van der Waals surface area contributed by atoms with Gasteiger partial charge in [0.1, 0.15) is 5.82 Å². The molecule has 0 radical (unpaired) electrons. The van der Waals surface area contributed by atoms with Crippen LogP contribution in [0.15, 0.2) is 48.5 Å². The minimum atomic E-state index is -0.267. The molecule has 3 rings (SSSR count). The third-order valence-corrected chi connectivity index (χ3v) is 4.54. The molecule has 1 atom stereocenters. The second-order valence-electron chi connectivity index (χ2n) is 5.57. The lowest BCUT2D eigenvalue weighted by molar-refractivity contribution is 0.500. The van der Waals surface area contributed by atoms with Crippen LogP contribution in [0, 0.1) is 5.82 Å². The molecule has 2 aromatic rings. The van der Waals surface area contributed by atoms with Crippen LogP contribution in [0.2, 0.25) is 5.02 Å². The van der Waals surface area contributed by atoms with Crippen molar-refractivity contribution in [1.29, 1.82) is 0 Å². The third-order valence-electron chi connectivity index (χ3n) is 4.30. The predicted molar refractivity (Wildman–Crippen MR) is 80.4 cm³/mol. The Balaban J connectivity index is 1.81. The molecule has 0 heterocycles. The zero-order valence-electron chi connectivity index (χ0n) is 11.2.